The molecule has 0 saturated carbocycles. The number of carbonyl (C=O) groups excluding carboxylic acids is 1. The molecule has 0 saturated heterocycles. The zero-order valence-corrected chi connectivity index (χ0v) is 11.8. The van der Waals surface area contributed by atoms with Crippen molar-refractivity contribution in [2.24, 2.45) is 0 Å². The van der Waals surface area contributed by atoms with Gasteiger partial charge in [-0.05, 0) is 56.2 Å². The first-order valence-corrected chi connectivity index (χ1v) is 6.27. The molecule has 1 heterocycles. The van der Waals surface area contributed by atoms with E-state index in [2.05, 4.69) is 37.0 Å². The summed E-state index contributed by atoms with van der Waals surface area (Å²) in [5, 5.41) is 0. The molecule has 0 N–H and O–H groups in total. The number of Topliss-reactive ketones (excluding diaryl/α,β-unsaturated/α-hetero) is 1. The molecule has 0 bridgehead atoms. The van der Waals surface area contributed by atoms with Crippen LogP contribution in [0.25, 0.3) is 0 Å². The maximum absolute atomic E-state index is 11.7. The van der Waals surface area contributed by atoms with Gasteiger partial charge in [0.15, 0.2) is 5.78 Å². The van der Waals surface area contributed by atoms with Crippen LogP contribution in [0.1, 0.15) is 28.4 Å². The summed E-state index contributed by atoms with van der Waals surface area (Å²) in [6.45, 7) is 5.69. The first kappa shape index (κ1) is 13.3. The molecule has 1 aromatic heterocycles. The van der Waals surface area contributed by atoms with Crippen LogP contribution in [0.5, 0.6) is 0 Å². The Labute approximate surface area is 113 Å². The third-order valence-corrected chi connectivity index (χ3v) is 3.08. The second-order valence-corrected chi connectivity index (χ2v) is 4.84. The number of aromatic nitrogens is 1. The lowest BCUT2D eigenvalue weighted by Crippen LogP contribution is -2.15. The van der Waals surface area contributed by atoms with E-state index < -0.39 is 0 Å². The molecule has 3 nitrogen and oxygen atoms in total. The molecule has 0 spiro atoms. The minimum Gasteiger partial charge on any atom is -0.329 e. The fourth-order valence-corrected chi connectivity index (χ4v) is 2.21. The van der Waals surface area contributed by atoms with Gasteiger partial charge in [0.2, 0.25) is 0 Å². The van der Waals surface area contributed by atoms with Crippen molar-refractivity contribution in [1.82, 2.24) is 4.98 Å². The first-order chi connectivity index (χ1) is 8.99. The maximum atomic E-state index is 11.7. The highest BCUT2D eigenvalue weighted by molar-refractivity contribution is 5.99. The fourth-order valence-electron chi connectivity index (χ4n) is 2.21. The number of nitrogens with zero attached hydrogens (tertiary/aromatic N) is 2. The normalized spacial score (nSPS) is 10.3. The Morgan fingerprint density at radius 2 is 1.79 bits per heavy atom. The van der Waals surface area contributed by atoms with Crippen LogP contribution in [-0.4, -0.2) is 17.8 Å². The fraction of sp³-hybridized carbons (Fsp3) is 0.250. The lowest BCUT2D eigenvalue weighted by Gasteiger charge is -2.21. The van der Waals surface area contributed by atoms with E-state index in [9.17, 15) is 4.79 Å². The molecule has 0 amide bonds. The highest BCUT2D eigenvalue weighted by atomic mass is 16.1. The zero-order valence-electron chi connectivity index (χ0n) is 11.8. The number of rotatable bonds is 3. The minimum atomic E-state index is 0.0272. The van der Waals surface area contributed by atoms with Crippen molar-refractivity contribution >= 4 is 17.3 Å². The van der Waals surface area contributed by atoms with Crippen LogP contribution in [0.2, 0.25) is 0 Å². The van der Waals surface area contributed by atoms with Crippen molar-refractivity contribution in [2.75, 3.05) is 11.9 Å². The number of anilines is 2. The second kappa shape index (κ2) is 5.22. The van der Waals surface area contributed by atoms with E-state index in [4.69, 9.17) is 0 Å². The van der Waals surface area contributed by atoms with Crippen LogP contribution < -0.4 is 4.90 Å². The van der Waals surface area contributed by atoms with Crippen molar-refractivity contribution < 1.29 is 4.79 Å². The van der Waals surface area contributed by atoms with Gasteiger partial charge in [-0.1, -0.05) is 6.07 Å². The maximum Gasteiger partial charge on any atom is 0.163 e. The summed E-state index contributed by atoms with van der Waals surface area (Å²) in [6, 6.07) is 9.90. The number of ketones is 1. The molecule has 0 aliphatic rings. The van der Waals surface area contributed by atoms with Crippen LogP contribution in [0.3, 0.4) is 0 Å². The number of hydrogen-bond donors (Lipinski definition) is 0. The highest BCUT2D eigenvalue weighted by Gasteiger charge is 2.13. The molecule has 1 aromatic carbocycles. The molecule has 98 valence electrons. The molecule has 2 aromatic rings. The number of carbonyl (C=O) groups is 1. The molecule has 3 heteroatoms. The van der Waals surface area contributed by atoms with Crippen molar-refractivity contribution in [3.63, 3.8) is 0 Å². The molecule has 0 unspecified atom stereocenters. The first-order valence-electron chi connectivity index (χ1n) is 6.27. The molecule has 0 atom stereocenters. The van der Waals surface area contributed by atoms with Crippen molar-refractivity contribution in [1.29, 1.82) is 0 Å². The zero-order chi connectivity index (χ0) is 14.0. The molecule has 2 rings (SSSR count). The van der Waals surface area contributed by atoms with Crippen molar-refractivity contribution in [3.05, 3.63) is 53.2 Å². The van der Waals surface area contributed by atoms with E-state index in [-0.39, 0.29) is 5.78 Å². The Morgan fingerprint density at radius 3 is 2.37 bits per heavy atom. The third-order valence-electron chi connectivity index (χ3n) is 3.08. The smallest absolute Gasteiger partial charge is 0.163 e. The van der Waals surface area contributed by atoms with E-state index in [0.29, 0.717) is 11.4 Å². The molecule has 0 fully saturated rings. The molecule has 0 aliphatic carbocycles. The van der Waals surface area contributed by atoms with E-state index >= 15 is 0 Å². The number of benzene rings is 1. The van der Waals surface area contributed by atoms with E-state index in [1.807, 2.05) is 18.0 Å². The van der Waals surface area contributed by atoms with Crippen molar-refractivity contribution in [2.45, 2.75) is 20.8 Å². The molecular formula is C16H18N2O. The van der Waals surface area contributed by atoms with Gasteiger partial charge in [0, 0.05) is 18.9 Å². The van der Waals surface area contributed by atoms with E-state index in [1.54, 1.807) is 19.2 Å². The summed E-state index contributed by atoms with van der Waals surface area (Å²) < 4.78 is 0. The van der Waals surface area contributed by atoms with E-state index in [1.165, 1.54) is 11.1 Å². The van der Waals surface area contributed by atoms with Gasteiger partial charge in [0.1, 0.15) is 5.82 Å². The van der Waals surface area contributed by atoms with Gasteiger partial charge in [0.05, 0.1) is 5.56 Å². The Balaban J connectivity index is 2.49. The summed E-state index contributed by atoms with van der Waals surface area (Å²) in [4.78, 5) is 18.0. The topological polar surface area (TPSA) is 33.2 Å². The summed E-state index contributed by atoms with van der Waals surface area (Å²) in [5.41, 5.74) is 4.08. The van der Waals surface area contributed by atoms with Crippen molar-refractivity contribution in [3.8, 4) is 0 Å². The van der Waals surface area contributed by atoms with Gasteiger partial charge in [-0.3, -0.25) is 4.79 Å². The van der Waals surface area contributed by atoms with Gasteiger partial charge in [-0.25, -0.2) is 4.98 Å². The average Bonchev–Trinajstić information content (AvgIpc) is 2.36. The summed E-state index contributed by atoms with van der Waals surface area (Å²) in [5.74, 6) is 0.722. The molecular weight excluding hydrogens is 236 g/mol. The Kier molecular flexibility index (Phi) is 3.65. The van der Waals surface area contributed by atoms with E-state index in [0.717, 1.165) is 5.69 Å². The lowest BCUT2D eigenvalue weighted by atomic mass is 10.1. The van der Waals surface area contributed by atoms with Crippen LogP contribution >= 0.6 is 0 Å². The van der Waals surface area contributed by atoms with Crippen LogP contribution in [0, 0.1) is 13.8 Å². The van der Waals surface area contributed by atoms with Crippen LogP contribution in [0.15, 0.2) is 36.5 Å². The van der Waals surface area contributed by atoms with Crippen LogP contribution in [-0.2, 0) is 0 Å². The van der Waals surface area contributed by atoms with Gasteiger partial charge in [-0.15, -0.1) is 0 Å². The van der Waals surface area contributed by atoms with Gasteiger partial charge >= 0.3 is 0 Å². The Hall–Kier alpha value is -2.16. The number of pyridine rings is 1. The molecule has 19 heavy (non-hydrogen) atoms. The summed E-state index contributed by atoms with van der Waals surface area (Å²) in [7, 11) is 1.93. The van der Waals surface area contributed by atoms with Crippen LogP contribution in [0.4, 0.5) is 11.5 Å². The molecule has 0 aliphatic heterocycles. The number of hydrogen-bond acceptors (Lipinski definition) is 3. The summed E-state index contributed by atoms with van der Waals surface area (Å²) >= 11 is 0. The van der Waals surface area contributed by atoms with Gasteiger partial charge < -0.3 is 4.90 Å². The summed E-state index contributed by atoms with van der Waals surface area (Å²) in [6.07, 6.45) is 1.71. The highest BCUT2D eigenvalue weighted by Crippen LogP contribution is 2.26. The quantitative estimate of drug-likeness (QED) is 0.783. The Morgan fingerprint density at radius 1 is 1.16 bits per heavy atom. The Bertz CT molecular complexity index is 600. The van der Waals surface area contributed by atoms with Gasteiger partial charge in [-0.2, -0.15) is 0 Å². The van der Waals surface area contributed by atoms with Gasteiger partial charge in [0.25, 0.3) is 0 Å². The average molecular weight is 254 g/mol. The minimum absolute atomic E-state index is 0.0272. The lowest BCUT2D eigenvalue weighted by molar-refractivity contribution is 0.101. The standard InChI is InChI=1S/C16H18N2O/c1-11-8-12(2)10-14(9-11)18(4)16-15(13(3)19)6-5-7-17-16/h5-10H,1-4H3. The predicted octanol–water partition coefficient (Wildman–Crippen LogP) is 3.67. The SMILES string of the molecule is CC(=O)c1cccnc1N(C)c1cc(C)cc(C)c1. The third kappa shape index (κ3) is 2.81. The largest absolute Gasteiger partial charge is 0.329 e. The number of aryl methyl sites for hydroxylation is 2. The second-order valence-electron chi connectivity index (χ2n) is 4.84. The molecule has 0 radical (unpaired) electrons. The predicted molar refractivity (Wildman–Crippen MR) is 78.2 cm³/mol. The monoisotopic (exact) mass is 254 g/mol.